The zero-order valence-electron chi connectivity index (χ0n) is 12.5. The molecule has 0 aliphatic heterocycles. The van der Waals surface area contributed by atoms with Crippen molar-refractivity contribution in [2.75, 3.05) is 0 Å². The van der Waals surface area contributed by atoms with Gasteiger partial charge in [0.25, 0.3) is 5.89 Å². The van der Waals surface area contributed by atoms with Crippen molar-refractivity contribution in [3.8, 4) is 5.75 Å². The summed E-state index contributed by atoms with van der Waals surface area (Å²) in [4.78, 5) is 15.2. The summed E-state index contributed by atoms with van der Waals surface area (Å²) in [5.74, 6) is 0.622. The second-order valence-electron chi connectivity index (χ2n) is 5.83. The minimum Gasteiger partial charge on any atom is -0.484 e. The lowest BCUT2D eigenvalue weighted by molar-refractivity contribution is 0.0696. The highest BCUT2D eigenvalue weighted by Crippen LogP contribution is 2.20. The number of ether oxygens (including phenoxy) is 1. The number of aromatic carboxylic acids is 1. The van der Waals surface area contributed by atoms with Gasteiger partial charge in [-0.1, -0.05) is 25.9 Å². The Morgan fingerprint density at radius 1 is 1.38 bits per heavy atom. The third-order valence-electron chi connectivity index (χ3n) is 2.93. The van der Waals surface area contributed by atoms with Crippen LogP contribution in [0.3, 0.4) is 0 Å². The standard InChI is InChI=1S/C15H18N2O4/c1-9-7-10(5-6-11(9)13(18)19)20-8-12-16-14(17-21-12)15(2,3)4/h5-7H,8H2,1-4H3,(H,18,19). The van der Waals surface area contributed by atoms with E-state index in [4.69, 9.17) is 14.4 Å². The summed E-state index contributed by atoms with van der Waals surface area (Å²) in [6.07, 6.45) is 0. The number of hydrogen-bond donors (Lipinski definition) is 1. The molecule has 0 amide bonds. The number of carboxylic acids is 1. The third-order valence-corrected chi connectivity index (χ3v) is 2.93. The molecular weight excluding hydrogens is 272 g/mol. The maximum absolute atomic E-state index is 10.9. The molecule has 2 aromatic rings. The quantitative estimate of drug-likeness (QED) is 0.931. The SMILES string of the molecule is Cc1cc(OCc2nc(C(C)(C)C)no2)ccc1C(=O)O. The van der Waals surface area contributed by atoms with E-state index >= 15 is 0 Å². The zero-order chi connectivity index (χ0) is 15.6. The van der Waals surface area contributed by atoms with E-state index in [1.165, 1.54) is 6.07 Å². The molecule has 0 unspecified atom stereocenters. The molecule has 6 heteroatoms. The van der Waals surface area contributed by atoms with E-state index in [0.29, 0.717) is 23.0 Å². The predicted octanol–water partition coefficient (Wildman–Crippen LogP) is 2.95. The summed E-state index contributed by atoms with van der Waals surface area (Å²) in [7, 11) is 0. The monoisotopic (exact) mass is 290 g/mol. The van der Waals surface area contributed by atoms with Crippen LogP contribution in [0.1, 0.15) is 48.4 Å². The van der Waals surface area contributed by atoms with Crippen molar-refractivity contribution in [3.05, 3.63) is 41.0 Å². The van der Waals surface area contributed by atoms with Crippen LogP contribution in [-0.2, 0) is 12.0 Å². The third kappa shape index (κ3) is 3.59. The average molecular weight is 290 g/mol. The minimum atomic E-state index is -0.953. The highest BCUT2D eigenvalue weighted by atomic mass is 16.5. The number of hydrogen-bond acceptors (Lipinski definition) is 5. The van der Waals surface area contributed by atoms with E-state index in [1.54, 1.807) is 19.1 Å². The van der Waals surface area contributed by atoms with Crippen LogP contribution in [0.4, 0.5) is 0 Å². The molecule has 0 atom stereocenters. The Morgan fingerprint density at radius 3 is 2.62 bits per heavy atom. The van der Waals surface area contributed by atoms with Gasteiger partial charge in [-0.25, -0.2) is 4.79 Å². The van der Waals surface area contributed by atoms with Crippen molar-refractivity contribution in [1.29, 1.82) is 0 Å². The lowest BCUT2D eigenvalue weighted by atomic mass is 9.96. The number of aromatic nitrogens is 2. The maximum Gasteiger partial charge on any atom is 0.335 e. The smallest absolute Gasteiger partial charge is 0.335 e. The van der Waals surface area contributed by atoms with Crippen LogP contribution in [0, 0.1) is 6.92 Å². The van der Waals surface area contributed by atoms with Gasteiger partial charge in [-0.2, -0.15) is 4.98 Å². The van der Waals surface area contributed by atoms with Gasteiger partial charge in [0, 0.05) is 5.41 Å². The Bertz CT molecular complexity index is 656. The van der Waals surface area contributed by atoms with Gasteiger partial charge in [-0.05, 0) is 30.7 Å². The van der Waals surface area contributed by atoms with Crippen LogP contribution >= 0.6 is 0 Å². The van der Waals surface area contributed by atoms with E-state index in [0.717, 1.165) is 0 Å². The Hall–Kier alpha value is -2.37. The molecule has 2 rings (SSSR count). The summed E-state index contributed by atoms with van der Waals surface area (Å²) in [6, 6.07) is 4.80. The van der Waals surface area contributed by atoms with Crippen LogP contribution in [0.15, 0.2) is 22.7 Å². The molecule has 1 aromatic carbocycles. The van der Waals surface area contributed by atoms with Crippen LogP contribution in [0.25, 0.3) is 0 Å². The first-order chi connectivity index (χ1) is 9.77. The molecule has 21 heavy (non-hydrogen) atoms. The summed E-state index contributed by atoms with van der Waals surface area (Å²) < 4.78 is 10.7. The van der Waals surface area contributed by atoms with Crippen LogP contribution in [0.2, 0.25) is 0 Å². The van der Waals surface area contributed by atoms with Gasteiger partial charge >= 0.3 is 5.97 Å². The summed E-state index contributed by atoms with van der Waals surface area (Å²) in [5.41, 5.74) is 0.720. The number of carboxylic acid groups (broad SMARTS) is 1. The summed E-state index contributed by atoms with van der Waals surface area (Å²) in [6.45, 7) is 7.86. The molecule has 0 aliphatic rings. The van der Waals surface area contributed by atoms with Crippen molar-refractivity contribution in [2.24, 2.45) is 0 Å². The molecule has 0 aliphatic carbocycles. The van der Waals surface area contributed by atoms with Gasteiger partial charge in [0.1, 0.15) is 5.75 Å². The lowest BCUT2D eigenvalue weighted by Crippen LogP contribution is -2.13. The maximum atomic E-state index is 10.9. The normalized spacial score (nSPS) is 11.4. The summed E-state index contributed by atoms with van der Waals surface area (Å²) >= 11 is 0. The Balaban J connectivity index is 2.05. The highest BCUT2D eigenvalue weighted by molar-refractivity contribution is 5.89. The molecule has 0 radical (unpaired) electrons. The number of nitrogens with zero attached hydrogens (tertiary/aromatic N) is 2. The van der Waals surface area contributed by atoms with Gasteiger partial charge in [-0.15, -0.1) is 0 Å². The van der Waals surface area contributed by atoms with E-state index in [1.807, 2.05) is 20.8 Å². The average Bonchev–Trinajstić information content (AvgIpc) is 2.84. The molecule has 1 heterocycles. The fraction of sp³-hybridized carbons (Fsp3) is 0.400. The van der Waals surface area contributed by atoms with Gasteiger partial charge < -0.3 is 14.4 Å². The van der Waals surface area contributed by atoms with Crippen LogP contribution < -0.4 is 4.74 Å². The number of carbonyl (C=O) groups is 1. The van der Waals surface area contributed by atoms with Crippen molar-refractivity contribution >= 4 is 5.97 Å². The molecule has 1 N–H and O–H groups in total. The summed E-state index contributed by atoms with van der Waals surface area (Å²) in [5, 5.41) is 12.9. The fourth-order valence-electron chi connectivity index (χ4n) is 1.73. The van der Waals surface area contributed by atoms with Crippen LogP contribution in [-0.4, -0.2) is 21.2 Å². The highest BCUT2D eigenvalue weighted by Gasteiger charge is 2.21. The van der Waals surface area contributed by atoms with Crippen molar-refractivity contribution < 1.29 is 19.2 Å². The molecule has 6 nitrogen and oxygen atoms in total. The number of rotatable bonds is 4. The molecule has 1 aromatic heterocycles. The van der Waals surface area contributed by atoms with E-state index in [-0.39, 0.29) is 17.6 Å². The lowest BCUT2D eigenvalue weighted by Gasteiger charge is -2.10. The molecular formula is C15H18N2O4. The molecule has 0 saturated heterocycles. The topological polar surface area (TPSA) is 85.5 Å². The van der Waals surface area contributed by atoms with Crippen molar-refractivity contribution in [1.82, 2.24) is 10.1 Å². The first-order valence-corrected chi connectivity index (χ1v) is 6.57. The zero-order valence-corrected chi connectivity index (χ0v) is 12.5. The van der Waals surface area contributed by atoms with Gasteiger partial charge in [0.15, 0.2) is 12.4 Å². The number of benzene rings is 1. The fourth-order valence-corrected chi connectivity index (χ4v) is 1.73. The van der Waals surface area contributed by atoms with Gasteiger partial charge in [0.05, 0.1) is 5.56 Å². The van der Waals surface area contributed by atoms with Gasteiger partial charge in [-0.3, -0.25) is 0 Å². The van der Waals surface area contributed by atoms with Crippen LogP contribution in [0.5, 0.6) is 5.75 Å². The van der Waals surface area contributed by atoms with Crippen molar-refractivity contribution in [3.63, 3.8) is 0 Å². The Morgan fingerprint density at radius 2 is 2.10 bits per heavy atom. The molecule has 0 bridgehead atoms. The first-order valence-electron chi connectivity index (χ1n) is 6.57. The second-order valence-corrected chi connectivity index (χ2v) is 5.83. The minimum absolute atomic E-state index is 0.148. The molecule has 0 saturated carbocycles. The van der Waals surface area contributed by atoms with Crippen molar-refractivity contribution in [2.45, 2.75) is 39.7 Å². The largest absolute Gasteiger partial charge is 0.484 e. The first kappa shape index (κ1) is 15.0. The Labute approximate surface area is 122 Å². The predicted molar refractivity (Wildman–Crippen MR) is 75.5 cm³/mol. The molecule has 0 fully saturated rings. The van der Waals surface area contributed by atoms with E-state index in [9.17, 15) is 4.79 Å². The molecule has 0 spiro atoms. The second kappa shape index (κ2) is 5.55. The van der Waals surface area contributed by atoms with E-state index in [2.05, 4.69) is 10.1 Å². The number of aryl methyl sites for hydroxylation is 1. The Kier molecular flexibility index (Phi) is 3.97. The van der Waals surface area contributed by atoms with E-state index < -0.39 is 5.97 Å². The molecule has 112 valence electrons. The van der Waals surface area contributed by atoms with Gasteiger partial charge in [0.2, 0.25) is 0 Å².